The van der Waals surface area contributed by atoms with Crippen LogP contribution in [0.4, 0.5) is 5.82 Å². The monoisotopic (exact) mass is 309 g/mol. The Balaban J connectivity index is 1.54. The quantitative estimate of drug-likeness (QED) is 0.684. The fraction of sp³-hybridized carbons (Fsp3) is 0.538. The molecule has 2 aromatic heterocycles. The molecule has 0 atom stereocenters. The van der Waals surface area contributed by atoms with E-state index in [0.717, 1.165) is 53.8 Å². The summed E-state index contributed by atoms with van der Waals surface area (Å²) in [4.78, 5) is 14.8. The maximum Gasteiger partial charge on any atom is 0.190 e. The van der Waals surface area contributed by atoms with Gasteiger partial charge in [-0.05, 0) is 18.5 Å². The zero-order chi connectivity index (χ0) is 13.9. The first-order valence-electron chi connectivity index (χ1n) is 6.77. The molecule has 0 saturated carbocycles. The highest BCUT2D eigenvalue weighted by Crippen LogP contribution is 2.26. The number of rotatable bonds is 4. The van der Waals surface area contributed by atoms with E-state index in [0.29, 0.717) is 5.82 Å². The van der Waals surface area contributed by atoms with Gasteiger partial charge in [0.2, 0.25) is 0 Å². The topological polar surface area (TPSA) is 58.3 Å². The Hall–Kier alpha value is -0.890. The molecule has 1 saturated heterocycles. The number of likely N-dealkylation sites (N-methyl/N-ethyl adjacent to an activating group) is 1. The van der Waals surface area contributed by atoms with Crippen LogP contribution in [-0.4, -0.2) is 65.3 Å². The third-order valence-electron chi connectivity index (χ3n) is 3.57. The number of hydrogen-bond acceptors (Lipinski definition) is 7. The smallest absolute Gasteiger partial charge is 0.190 e. The summed E-state index contributed by atoms with van der Waals surface area (Å²) in [6.45, 7) is 5.73. The minimum atomic E-state index is 0.596. The number of thiophene rings is 1. The Labute approximate surface area is 127 Å². The number of nitrogens with two attached hydrogens (primary N) is 1. The number of piperazine rings is 1. The van der Waals surface area contributed by atoms with Crippen LogP contribution >= 0.6 is 23.1 Å². The zero-order valence-electron chi connectivity index (χ0n) is 11.6. The fourth-order valence-electron chi connectivity index (χ4n) is 2.26. The van der Waals surface area contributed by atoms with Gasteiger partial charge < -0.3 is 10.6 Å². The van der Waals surface area contributed by atoms with E-state index in [1.54, 1.807) is 23.1 Å². The van der Waals surface area contributed by atoms with Gasteiger partial charge in [-0.1, -0.05) is 11.8 Å². The van der Waals surface area contributed by atoms with Gasteiger partial charge in [0.15, 0.2) is 5.16 Å². The summed E-state index contributed by atoms with van der Waals surface area (Å²) in [6, 6.07) is 1.98. The number of thioether (sulfide) groups is 1. The summed E-state index contributed by atoms with van der Waals surface area (Å²) in [6.07, 6.45) is 0. The second-order valence-electron chi connectivity index (χ2n) is 5.02. The second kappa shape index (κ2) is 6.26. The molecule has 0 bridgehead atoms. The molecule has 5 nitrogen and oxygen atoms in total. The molecule has 0 amide bonds. The Kier molecular flexibility index (Phi) is 4.40. The largest absolute Gasteiger partial charge is 0.383 e. The lowest BCUT2D eigenvalue weighted by Crippen LogP contribution is -2.45. The lowest BCUT2D eigenvalue weighted by molar-refractivity contribution is 0.161. The number of aromatic nitrogens is 2. The molecule has 2 aromatic rings. The Morgan fingerprint density at radius 1 is 1.30 bits per heavy atom. The van der Waals surface area contributed by atoms with Crippen molar-refractivity contribution < 1.29 is 0 Å². The molecule has 2 N–H and O–H groups in total. The van der Waals surface area contributed by atoms with E-state index in [9.17, 15) is 0 Å². The van der Waals surface area contributed by atoms with E-state index >= 15 is 0 Å². The standard InChI is InChI=1S/C13H19N5S2/c1-17-3-5-18(6-4-17)7-9-20-13-15-11(14)10-2-8-19-12(10)16-13/h2,8H,3-7,9H2,1H3,(H2,14,15,16). The Morgan fingerprint density at radius 3 is 2.90 bits per heavy atom. The van der Waals surface area contributed by atoms with Crippen LogP contribution in [-0.2, 0) is 0 Å². The lowest BCUT2D eigenvalue weighted by Gasteiger charge is -2.32. The van der Waals surface area contributed by atoms with E-state index in [-0.39, 0.29) is 0 Å². The van der Waals surface area contributed by atoms with E-state index < -0.39 is 0 Å². The third kappa shape index (κ3) is 3.22. The molecule has 0 aliphatic carbocycles. The highest BCUT2D eigenvalue weighted by Gasteiger charge is 2.13. The van der Waals surface area contributed by atoms with E-state index in [2.05, 4.69) is 26.8 Å². The predicted molar refractivity (Wildman–Crippen MR) is 86.5 cm³/mol. The number of hydrogen-bond donors (Lipinski definition) is 1. The van der Waals surface area contributed by atoms with Crippen molar-refractivity contribution in [1.82, 2.24) is 19.8 Å². The van der Waals surface area contributed by atoms with Crippen LogP contribution in [0.5, 0.6) is 0 Å². The molecule has 20 heavy (non-hydrogen) atoms. The highest BCUT2D eigenvalue weighted by atomic mass is 32.2. The minimum absolute atomic E-state index is 0.596. The first-order chi connectivity index (χ1) is 9.72. The molecule has 1 aliphatic heterocycles. The van der Waals surface area contributed by atoms with Crippen molar-refractivity contribution in [3.63, 3.8) is 0 Å². The first kappa shape index (κ1) is 14.1. The summed E-state index contributed by atoms with van der Waals surface area (Å²) in [7, 11) is 2.18. The molecule has 3 heterocycles. The van der Waals surface area contributed by atoms with E-state index in [1.165, 1.54) is 0 Å². The van der Waals surface area contributed by atoms with Crippen LogP contribution in [0.2, 0.25) is 0 Å². The van der Waals surface area contributed by atoms with Crippen LogP contribution in [0.3, 0.4) is 0 Å². The molecule has 0 spiro atoms. The molecule has 1 fully saturated rings. The summed E-state index contributed by atoms with van der Waals surface area (Å²) in [5.74, 6) is 1.61. The molecule has 1 aliphatic rings. The average molecular weight is 309 g/mol. The second-order valence-corrected chi connectivity index (χ2v) is 6.98. The Morgan fingerprint density at radius 2 is 2.10 bits per heavy atom. The van der Waals surface area contributed by atoms with Gasteiger partial charge in [0.1, 0.15) is 10.6 Å². The summed E-state index contributed by atoms with van der Waals surface area (Å²) in [5, 5.41) is 3.78. The Bertz CT molecular complexity index is 577. The summed E-state index contributed by atoms with van der Waals surface area (Å²) >= 11 is 3.31. The van der Waals surface area contributed by atoms with Gasteiger partial charge >= 0.3 is 0 Å². The van der Waals surface area contributed by atoms with Gasteiger partial charge in [-0.2, -0.15) is 0 Å². The number of nitrogen functional groups attached to an aromatic ring is 1. The van der Waals surface area contributed by atoms with Crippen LogP contribution in [0.25, 0.3) is 10.2 Å². The van der Waals surface area contributed by atoms with Gasteiger partial charge in [0.25, 0.3) is 0 Å². The van der Waals surface area contributed by atoms with Gasteiger partial charge in [0.05, 0.1) is 5.39 Å². The van der Waals surface area contributed by atoms with Crippen LogP contribution in [0, 0.1) is 0 Å². The van der Waals surface area contributed by atoms with Crippen LogP contribution in [0.1, 0.15) is 0 Å². The van der Waals surface area contributed by atoms with Crippen molar-refractivity contribution in [2.45, 2.75) is 5.16 Å². The maximum absolute atomic E-state index is 5.96. The lowest BCUT2D eigenvalue weighted by atomic mass is 10.3. The van der Waals surface area contributed by atoms with E-state index in [4.69, 9.17) is 5.73 Å². The molecule has 0 radical (unpaired) electrons. The molecule has 0 unspecified atom stereocenters. The number of anilines is 1. The number of fused-ring (bicyclic) bond motifs is 1. The SMILES string of the molecule is CN1CCN(CCSc2nc(N)c3ccsc3n2)CC1. The van der Waals surface area contributed by atoms with Crippen molar-refractivity contribution in [2.75, 3.05) is 51.3 Å². The maximum atomic E-state index is 5.96. The van der Waals surface area contributed by atoms with Crippen molar-refractivity contribution >= 4 is 39.1 Å². The van der Waals surface area contributed by atoms with Gasteiger partial charge in [-0.25, -0.2) is 9.97 Å². The first-order valence-corrected chi connectivity index (χ1v) is 8.63. The predicted octanol–water partition coefficient (Wildman–Crippen LogP) is 1.61. The molecular formula is C13H19N5S2. The normalized spacial score (nSPS) is 17.9. The summed E-state index contributed by atoms with van der Waals surface area (Å²) in [5.41, 5.74) is 5.96. The minimum Gasteiger partial charge on any atom is -0.383 e. The molecule has 108 valence electrons. The van der Waals surface area contributed by atoms with Gasteiger partial charge in [-0.15, -0.1) is 11.3 Å². The molecule has 3 rings (SSSR count). The van der Waals surface area contributed by atoms with Crippen LogP contribution in [0.15, 0.2) is 16.6 Å². The highest BCUT2D eigenvalue weighted by molar-refractivity contribution is 7.99. The average Bonchev–Trinajstić information content (AvgIpc) is 2.90. The molecule has 7 heteroatoms. The van der Waals surface area contributed by atoms with Gasteiger partial charge in [0, 0.05) is 38.5 Å². The van der Waals surface area contributed by atoms with Crippen molar-refractivity contribution in [1.29, 1.82) is 0 Å². The van der Waals surface area contributed by atoms with E-state index in [1.807, 2.05) is 11.4 Å². The van der Waals surface area contributed by atoms with Gasteiger partial charge in [-0.3, -0.25) is 4.90 Å². The fourth-order valence-corrected chi connectivity index (χ4v) is 3.94. The molecule has 0 aromatic carbocycles. The zero-order valence-corrected chi connectivity index (χ0v) is 13.2. The van der Waals surface area contributed by atoms with Crippen LogP contribution < -0.4 is 5.73 Å². The number of nitrogens with zero attached hydrogens (tertiary/aromatic N) is 4. The third-order valence-corrected chi connectivity index (χ3v) is 5.20. The molecular weight excluding hydrogens is 290 g/mol. The van der Waals surface area contributed by atoms with Crippen molar-refractivity contribution in [2.24, 2.45) is 0 Å². The van der Waals surface area contributed by atoms with Crippen molar-refractivity contribution in [3.8, 4) is 0 Å². The summed E-state index contributed by atoms with van der Waals surface area (Å²) < 4.78 is 0. The van der Waals surface area contributed by atoms with Crippen molar-refractivity contribution in [3.05, 3.63) is 11.4 Å².